The first kappa shape index (κ1) is 15.8. The van der Waals surface area contributed by atoms with Crippen molar-refractivity contribution >= 4 is 33.1 Å². The third-order valence-electron chi connectivity index (χ3n) is 2.27. The molecule has 0 heterocycles. The molecule has 0 bridgehead atoms. The van der Waals surface area contributed by atoms with Gasteiger partial charge in [-0.3, -0.25) is 8.42 Å². The molecule has 0 aliphatic heterocycles. The predicted molar refractivity (Wildman–Crippen MR) is 78.1 cm³/mol. The Morgan fingerprint density at radius 2 is 1.63 bits per heavy atom. The Morgan fingerprint density at radius 1 is 1.11 bits per heavy atom. The van der Waals surface area contributed by atoms with E-state index in [0.29, 0.717) is 5.56 Å². The smallest absolute Gasteiger partial charge is 0.340 e. The summed E-state index contributed by atoms with van der Waals surface area (Å²) in [4.78, 5) is 12.0. The molecule has 1 aromatic rings. The van der Waals surface area contributed by atoms with Crippen LogP contribution in [0.3, 0.4) is 0 Å². The van der Waals surface area contributed by atoms with Crippen molar-refractivity contribution in [1.29, 1.82) is 0 Å². The summed E-state index contributed by atoms with van der Waals surface area (Å²) in [5.74, 6) is -0.603. The summed E-state index contributed by atoms with van der Waals surface area (Å²) in [6, 6.07) is 8.71. The molecule has 0 aliphatic carbocycles. The number of ether oxygens (including phenoxy) is 1. The van der Waals surface area contributed by atoms with Gasteiger partial charge in [-0.2, -0.15) is 0 Å². The zero-order chi connectivity index (χ0) is 14.4. The molecule has 0 fully saturated rings. The van der Waals surface area contributed by atoms with Crippen molar-refractivity contribution in [2.75, 3.05) is 19.1 Å². The maximum Gasteiger partial charge on any atom is 0.340 e. The molecular weight excluding hydrogens is 284 g/mol. The minimum Gasteiger partial charge on any atom is -0.462 e. The van der Waals surface area contributed by atoms with Gasteiger partial charge < -0.3 is 4.74 Å². The fourth-order valence-electron chi connectivity index (χ4n) is 1.58. The van der Waals surface area contributed by atoms with Crippen LogP contribution in [-0.4, -0.2) is 33.5 Å². The van der Waals surface area contributed by atoms with E-state index in [9.17, 15) is 13.2 Å². The molecule has 19 heavy (non-hydrogen) atoms. The molecule has 0 saturated carbocycles. The Balaban J connectivity index is 3.50. The van der Waals surface area contributed by atoms with E-state index in [-0.39, 0.29) is 16.4 Å². The van der Waals surface area contributed by atoms with Gasteiger partial charge in [-0.15, -0.1) is 0 Å². The Hall–Kier alpha value is -1.27. The largest absolute Gasteiger partial charge is 0.462 e. The summed E-state index contributed by atoms with van der Waals surface area (Å²) in [6.45, 7) is 1.89. The lowest BCUT2D eigenvalue weighted by Crippen LogP contribution is -2.13. The van der Waals surface area contributed by atoms with Crippen molar-refractivity contribution in [2.45, 2.75) is 6.92 Å². The number of rotatable bonds is 5. The highest BCUT2D eigenvalue weighted by Crippen LogP contribution is 2.24. The van der Waals surface area contributed by atoms with Crippen LogP contribution in [0.5, 0.6) is 0 Å². The van der Waals surface area contributed by atoms with Crippen LogP contribution in [0.15, 0.2) is 34.6 Å². The van der Waals surface area contributed by atoms with E-state index in [1.807, 2.05) is 0 Å². The Kier molecular flexibility index (Phi) is 6.11. The van der Waals surface area contributed by atoms with Gasteiger partial charge in [0.1, 0.15) is 4.24 Å². The summed E-state index contributed by atoms with van der Waals surface area (Å²) in [6.07, 6.45) is 2.80. The summed E-state index contributed by atoms with van der Waals surface area (Å²) in [5, 5.41) is 0. The summed E-state index contributed by atoms with van der Waals surface area (Å²) in [5.41, 5.74) is 0.686. The second kappa shape index (κ2) is 7.35. The van der Waals surface area contributed by atoms with E-state index in [1.165, 1.54) is 12.5 Å². The Bertz CT molecular complexity index is 519. The topological polar surface area (TPSA) is 60.4 Å². The second-order valence-electron chi connectivity index (χ2n) is 3.66. The summed E-state index contributed by atoms with van der Waals surface area (Å²) >= 11 is 0. The van der Waals surface area contributed by atoms with Crippen LogP contribution < -0.4 is 0 Å². The van der Waals surface area contributed by atoms with Gasteiger partial charge in [0.15, 0.2) is 0 Å². The average Bonchev–Trinajstić information content (AvgIpc) is 2.36. The Morgan fingerprint density at radius 3 is 2.05 bits per heavy atom. The maximum atomic E-state index is 12.0. The lowest BCUT2D eigenvalue weighted by Gasteiger charge is -2.11. The highest BCUT2D eigenvalue weighted by Gasteiger charge is 2.23. The standard InChI is InChI=1S/C13H16O4S2/c1-4-17-12(14)11(10-8-6-5-7-9-10)13(18(2)15)19(3)16/h5-9H,4H2,1-3H3. The van der Waals surface area contributed by atoms with E-state index >= 15 is 0 Å². The molecule has 2 atom stereocenters. The number of benzene rings is 1. The molecule has 0 radical (unpaired) electrons. The fraction of sp³-hybridized carbons (Fsp3) is 0.308. The van der Waals surface area contributed by atoms with Gasteiger partial charge >= 0.3 is 5.97 Å². The van der Waals surface area contributed by atoms with Gasteiger partial charge in [-0.1, -0.05) is 30.3 Å². The molecule has 0 aliphatic rings. The molecule has 104 valence electrons. The van der Waals surface area contributed by atoms with E-state index in [4.69, 9.17) is 4.74 Å². The molecule has 0 aromatic heterocycles. The molecular formula is C13H16O4S2. The van der Waals surface area contributed by atoms with Crippen molar-refractivity contribution in [3.05, 3.63) is 40.1 Å². The number of carbonyl (C=O) groups excluding carboxylic acids is 1. The number of hydrogen-bond donors (Lipinski definition) is 0. The fourth-order valence-corrected chi connectivity index (χ4v) is 3.88. The normalized spacial score (nSPS) is 13.4. The lowest BCUT2D eigenvalue weighted by molar-refractivity contribution is -0.136. The molecule has 0 spiro atoms. The van der Waals surface area contributed by atoms with Crippen LogP contribution in [0, 0.1) is 0 Å². The monoisotopic (exact) mass is 300 g/mol. The summed E-state index contributed by atoms with van der Waals surface area (Å²) in [7, 11) is -3.02. The minimum absolute atomic E-state index is 0.102. The molecule has 0 N–H and O–H groups in total. The predicted octanol–water partition coefficient (Wildman–Crippen LogP) is 1.68. The third-order valence-corrected chi connectivity index (χ3v) is 5.13. The third kappa shape index (κ3) is 4.11. The quantitative estimate of drug-likeness (QED) is 0.613. The van der Waals surface area contributed by atoms with Crippen LogP contribution in [0.25, 0.3) is 5.57 Å². The van der Waals surface area contributed by atoms with Crippen molar-refractivity contribution < 1.29 is 17.9 Å². The Labute approximate surface area is 117 Å². The van der Waals surface area contributed by atoms with Gasteiger partial charge in [0.05, 0.1) is 33.8 Å². The molecule has 0 saturated heterocycles. The molecule has 0 amide bonds. The van der Waals surface area contributed by atoms with E-state index in [1.54, 1.807) is 37.3 Å². The molecule has 2 unspecified atom stereocenters. The zero-order valence-electron chi connectivity index (χ0n) is 11.0. The first-order valence-electron chi connectivity index (χ1n) is 5.62. The van der Waals surface area contributed by atoms with E-state index < -0.39 is 27.6 Å². The van der Waals surface area contributed by atoms with Crippen molar-refractivity contribution in [2.24, 2.45) is 0 Å². The van der Waals surface area contributed by atoms with Crippen LogP contribution in [0.4, 0.5) is 0 Å². The molecule has 1 aromatic carbocycles. The molecule has 1 rings (SSSR count). The summed E-state index contributed by atoms with van der Waals surface area (Å²) < 4.78 is 28.6. The lowest BCUT2D eigenvalue weighted by atomic mass is 10.1. The average molecular weight is 300 g/mol. The van der Waals surface area contributed by atoms with Gasteiger partial charge in [0, 0.05) is 12.5 Å². The van der Waals surface area contributed by atoms with Gasteiger partial charge in [0.25, 0.3) is 0 Å². The van der Waals surface area contributed by atoms with Gasteiger partial charge in [-0.25, -0.2) is 4.79 Å². The minimum atomic E-state index is -1.51. The van der Waals surface area contributed by atoms with Crippen LogP contribution in [0.2, 0.25) is 0 Å². The first-order valence-corrected chi connectivity index (χ1v) is 8.74. The van der Waals surface area contributed by atoms with Crippen LogP contribution >= 0.6 is 0 Å². The van der Waals surface area contributed by atoms with Crippen molar-refractivity contribution in [3.8, 4) is 0 Å². The zero-order valence-corrected chi connectivity index (χ0v) is 12.7. The molecule has 4 nitrogen and oxygen atoms in total. The highest BCUT2D eigenvalue weighted by molar-refractivity contribution is 8.08. The number of esters is 1. The number of hydrogen-bond acceptors (Lipinski definition) is 4. The SMILES string of the molecule is CCOC(=O)C(=C(S(C)=O)S(C)=O)c1ccccc1. The van der Waals surface area contributed by atoms with Gasteiger partial charge in [0.2, 0.25) is 0 Å². The van der Waals surface area contributed by atoms with Crippen LogP contribution in [-0.2, 0) is 31.1 Å². The van der Waals surface area contributed by atoms with Crippen molar-refractivity contribution in [3.63, 3.8) is 0 Å². The first-order chi connectivity index (χ1) is 8.99. The second-order valence-corrected chi connectivity index (χ2v) is 6.55. The van der Waals surface area contributed by atoms with E-state index in [0.717, 1.165) is 0 Å². The molecule has 6 heteroatoms. The van der Waals surface area contributed by atoms with Gasteiger partial charge in [-0.05, 0) is 12.5 Å². The van der Waals surface area contributed by atoms with E-state index in [2.05, 4.69) is 0 Å². The van der Waals surface area contributed by atoms with Crippen LogP contribution in [0.1, 0.15) is 12.5 Å². The van der Waals surface area contributed by atoms with Crippen molar-refractivity contribution in [1.82, 2.24) is 0 Å². The number of carbonyl (C=O) groups is 1. The maximum absolute atomic E-state index is 12.0. The highest BCUT2D eigenvalue weighted by atomic mass is 32.2.